The highest BCUT2D eigenvalue weighted by Crippen LogP contribution is 2.27. The van der Waals surface area contributed by atoms with Crippen LogP contribution in [0.3, 0.4) is 0 Å². The Balaban J connectivity index is 2.75. The minimum Gasteiger partial charge on any atom is -0.507 e. The molecule has 1 rings (SSSR count). The average Bonchev–Trinajstić information content (AvgIpc) is 2.28. The predicted molar refractivity (Wildman–Crippen MR) is 66.3 cm³/mol. The van der Waals surface area contributed by atoms with Gasteiger partial charge in [-0.25, -0.2) is 0 Å². The minimum atomic E-state index is -0.350. The molecule has 0 fully saturated rings. The van der Waals surface area contributed by atoms with Gasteiger partial charge >= 0.3 is 0 Å². The van der Waals surface area contributed by atoms with Gasteiger partial charge in [0.25, 0.3) is 5.91 Å². The van der Waals surface area contributed by atoms with E-state index in [0.717, 1.165) is 19.3 Å². The monoisotopic (exact) mass is 237 g/mol. The quantitative estimate of drug-likeness (QED) is 0.773. The molecule has 17 heavy (non-hydrogen) atoms. The molecular weight excluding hydrogens is 218 g/mol. The SMILES string of the molecule is CCCCCN(C)C(=O)c1c(O)cccc1O. The van der Waals surface area contributed by atoms with E-state index in [9.17, 15) is 15.0 Å². The van der Waals surface area contributed by atoms with Crippen LogP contribution >= 0.6 is 0 Å². The largest absolute Gasteiger partial charge is 0.507 e. The second-order valence-electron chi connectivity index (χ2n) is 4.11. The van der Waals surface area contributed by atoms with Crippen molar-refractivity contribution in [2.75, 3.05) is 13.6 Å². The summed E-state index contributed by atoms with van der Waals surface area (Å²) in [7, 11) is 1.67. The summed E-state index contributed by atoms with van der Waals surface area (Å²) in [6.07, 6.45) is 3.07. The van der Waals surface area contributed by atoms with Gasteiger partial charge in [-0.15, -0.1) is 0 Å². The van der Waals surface area contributed by atoms with Gasteiger partial charge in [0.15, 0.2) is 0 Å². The van der Waals surface area contributed by atoms with Crippen LogP contribution in [-0.2, 0) is 0 Å². The standard InChI is InChI=1S/C13H19NO3/c1-3-4-5-9-14(2)13(17)12-10(15)7-6-8-11(12)16/h6-8,15-16H,3-5,9H2,1-2H3. The van der Waals surface area contributed by atoms with Crippen LogP contribution in [-0.4, -0.2) is 34.6 Å². The highest BCUT2D eigenvalue weighted by Gasteiger charge is 2.19. The van der Waals surface area contributed by atoms with Crippen molar-refractivity contribution in [1.82, 2.24) is 4.90 Å². The maximum Gasteiger partial charge on any atom is 0.261 e. The summed E-state index contributed by atoms with van der Waals surface area (Å²) in [4.78, 5) is 13.5. The number of nitrogens with zero attached hydrogens (tertiary/aromatic N) is 1. The molecule has 0 bridgehead atoms. The molecule has 2 N–H and O–H groups in total. The van der Waals surface area contributed by atoms with Gasteiger partial charge in [-0.3, -0.25) is 4.79 Å². The van der Waals surface area contributed by atoms with Crippen molar-refractivity contribution < 1.29 is 15.0 Å². The molecule has 0 radical (unpaired) electrons. The number of carbonyl (C=O) groups is 1. The van der Waals surface area contributed by atoms with E-state index in [1.54, 1.807) is 7.05 Å². The fraction of sp³-hybridized carbons (Fsp3) is 0.462. The van der Waals surface area contributed by atoms with Crippen molar-refractivity contribution in [2.45, 2.75) is 26.2 Å². The van der Waals surface area contributed by atoms with Crippen LogP contribution < -0.4 is 0 Å². The Morgan fingerprint density at radius 3 is 2.35 bits per heavy atom. The van der Waals surface area contributed by atoms with Gasteiger partial charge in [-0.2, -0.15) is 0 Å². The van der Waals surface area contributed by atoms with Crippen LogP contribution in [0.25, 0.3) is 0 Å². The van der Waals surface area contributed by atoms with E-state index in [1.807, 2.05) is 0 Å². The zero-order valence-electron chi connectivity index (χ0n) is 10.3. The first-order valence-corrected chi connectivity index (χ1v) is 5.84. The first-order chi connectivity index (χ1) is 8.07. The summed E-state index contributed by atoms with van der Waals surface area (Å²) in [5, 5.41) is 19.1. The number of amides is 1. The van der Waals surface area contributed by atoms with Crippen LogP contribution in [0.2, 0.25) is 0 Å². The first kappa shape index (κ1) is 13.4. The van der Waals surface area contributed by atoms with Crippen LogP contribution in [0.15, 0.2) is 18.2 Å². The number of phenolic OH excluding ortho intramolecular Hbond substituents is 2. The Morgan fingerprint density at radius 1 is 1.24 bits per heavy atom. The first-order valence-electron chi connectivity index (χ1n) is 5.84. The molecule has 1 aromatic rings. The Labute approximate surface area is 101 Å². The fourth-order valence-electron chi connectivity index (χ4n) is 1.64. The van der Waals surface area contributed by atoms with Crippen molar-refractivity contribution in [1.29, 1.82) is 0 Å². The third kappa shape index (κ3) is 3.37. The molecule has 0 atom stereocenters. The number of phenols is 2. The maximum atomic E-state index is 12.0. The molecule has 0 aliphatic heterocycles. The van der Waals surface area contributed by atoms with Crippen LogP contribution in [0, 0.1) is 0 Å². The molecule has 0 saturated heterocycles. The number of carbonyl (C=O) groups excluding carboxylic acids is 1. The van der Waals surface area contributed by atoms with Crippen molar-refractivity contribution in [3.63, 3.8) is 0 Å². The van der Waals surface area contributed by atoms with E-state index in [4.69, 9.17) is 0 Å². The van der Waals surface area contributed by atoms with E-state index in [0.29, 0.717) is 6.54 Å². The smallest absolute Gasteiger partial charge is 0.261 e. The second kappa shape index (κ2) is 6.13. The molecule has 4 nitrogen and oxygen atoms in total. The van der Waals surface area contributed by atoms with E-state index in [-0.39, 0.29) is 23.0 Å². The molecule has 0 aliphatic rings. The number of benzene rings is 1. The molecule has 0 saturated carbocycles. The van der Waals surface area contributed by atoms with E-state index in [1.165, 1.54) is 23.1 Å². The molecule has 1 aromatic carbocycles. The van der Waals surface area contributed by atoms with E-state index >= 15 is 0 Å². The van der Waals surface area contributed by atoms with Crippen molar-refractivity contribution in [3.8, 4) is 11.5 Å². The summed E-state index contributed by atoms with van der Waals surface area (Å²) in [5.74, 6) is -0.716. The number of rotatable bonds is 5. The summed E-state index contributed by atoms with van der Waals surface area (Å²) in [6, 6.07) is 4.29. The number of hydrogen-bond acceptors (Lipinski definition) is 3. The molecule has 94 valence electrons. The lowest BCUT2D eigenvalue weighted by Crippen LogP contribution is -2.27. The molecule has 4 heteroatoms. The van der Waals surface area contributed by atoms with Gasteiger partial charge in [0.1, 0.15) is 17.1 Å². The molecule has 1 amide bonds. The Hall–Kier alpha value is -1.71. The Morgan fingerprint density at radius 2 is 1.82 bits per heavy atom. The number of aromatic hydroxyl groups is 2. The Bertz CT molecular complexity index is 370. The van der Waals surface area contributed by atoms with Gasteiger partial charge < -0.3 is 15.1 Å². The van der Waals surface area contributed by atoms with Crippen LogP contribution in [0.1, 0.15) is 36.5 Å². The normalized spacial score (nSPS) is 10.2. The molecule has 0 unspecified atom stereocenters. The van der Waals surface area contributed by atoms with Gasteiger partial charge in [0.05, 0.1) is 0 Å². The average molecular weight is 237 g/mol. The van der Waals surface area contributed by atoms with Crippen molar-refractivity contribution in [2.24, 2.45) is 0 Å². The van der Waals surface area contributed by atoms with Gasteiger partial charge in [-0.1, -0.05) is 25.8 Å². The van der Waals surface area contributed by atoms with Gasteiger partial charge in [-0.05, 0) is 18.6 Å². The van der Waals surface area contributed by atoms with Crippen LogP contribution in [0.4, 0.5) is 0 Å². The highest BCUT2D eigenvalue weighted by molar-refractivity contribution is 5.99. The molecule has 0 aliphatic carbocycles. The topological polar surface area (TPSA) is 60.8 Å². The summed E-state index contributed by atoms with van der Waals surface area (Å²) in [5.41, 5.74) is -0.0218. The third-order valence-electron chi connectivity index (χ3n) is 2.68. The summed E-state index contributed by atoms with van der Waals surface area (Å²) in [6.45, 7) is 2.72. The minimum absolute atomic E-state index is 0.0218. The molecule has 0 aromatic heterocycles. The number of unbranched alkanes of at least 4 members (excludes halogenated alkanes) is 2. The highest BCUT2D eigenvalue weighted by atomic mass is 16.3. The zero-order valence-corrected chi connectivity index (χ0v) is 10.3. The maximum absolute atomic E-state index is 12.0. The Kier molecular flexibility index (Phi) is 4.82. The molecular formula is C13H19NO3. The van der Waals surface area contributed by atoms with Gasteiger partial charge in [0, 0.05) is 13.6 Å². The summed E-state index contributed by atoms with van der Waals surface area (Å²) < 4.78 is 0. The van der Waals surface area contributed by atoms with Gasteiger partial charge in [0.2, 0.25) is 0 Å². The molecule has 0 spiro atoms. The third-order valence-corrected chi connectivity index (χ3v) is 2.68. The van der Waals surface area contributed by atoms with E-state index < -0.39 is 0 Å². The molecule has 0 heterocycles. The van der Waals surface area contributed by atoms with Crippen molar-refractivity contribution in [3.05, 3.63) is 23.8 Å². The lowest BCUT2D eigenvalue weighted by molar-refractivity contribution is 0.0786. The summed E-state index contributed by atoms with van der Waals surface area (Å²) >= 11 is 0. The number of hydrogen-bond donors (Lipinski definition) is 2. The zero-order chi connectivity index (χ0) is 12.8. The predicted octanol–water partition coefficient (Wildman–Crippen LogP) is 2.36. The van der Waals surface area contributed by atoms with Crippen LogP contribution in [0.5, 0.6) is 11.5 Å². The second-order valence-corrected chi connectivity index (χ2v) is 4.11. The van der Waals surface area contributed by atoms with E-state index in [2.05, 4.69) is 6.92 Å². The lowest BCUT2D eigenvalue weighted by Gasteiger charge is -2.18. The fourth-order valence-corrected chi connectivity index (χ4v) is 1.64. The lowest BCUT2D eigenvalue weighted by atomic mass is 10.1. The van der Waals surface area contributed by atoms with Crippen molar-refractivity contribution >= 4 is 5.91 Å².